The van der Waals surface area contributed by atoms with Crippen LogP contribution in [0.1, 0.15) is 40.9 Å². The number of benzene rings is 2. The van der Waals surface area contributed by atoms with Crippen molar-refractivity contribution < 1.29 is 18.3 Å². The average Bonchev–Trinajstić information content (AvgIpc) is 3.45. The van der Waals surface area contributed by atoms with E-state index in [-0.39, 0.29) is 23.4 Å². The zero-order valence-electron chi connectivity index (χ0n) is 18.2. The summed E-state index contributed by atoms with van der Waals surface area (Å²) in [5, 5.41) is 0.714. The Morgan fingerprint density at radius 1 is 1.18 bits per heavy atom. The van der Waals surface area contributed by atoms with Gasteiger partial charge in [-0.05, 0) is 54.2 Å². The number of esters is 1. The van der Waals surface area contributed by atoms with Crippen LogP contribution >= 0.6 is 0 Å². The Bertz CT molecular complexity index is 1450. The van der Waals surface area contributed by atoms with Crippen molar-refractivity contribution in [1.82, 2.24) is 9.55 Å². The molecular formula is C26H22F2N2O3. The lowest BCUT2D eigenvalue weighted by atomic mass is 10.00. The number of hydrogen-bond donors (Lipinski definition) is 1. The molecule has 0 spiro atoms. The third-order valence-electron chi connectivity index (χ3n) is 6.43. The zero-order chi connectivity index (χ0) is 23.3. The number of rotatable bonds is 5. The largest absolute Gasteiger partial charge is 0.464 e. The van der Waals surface area contributed by atoms with Gasteiger partial charge in [0, 0.05) is 39.9 Å². The molecule has 2 unspecified atom stereocenters. The number of aromatic nitrogens is 2. The summed E-state index contributed by atoms with van der Waals surface area (Å²) in [6.07, 6.45) is 2.60. The van der Waals surface area contributed by atoms with E-state index in [0.717, 1.165) is 18.1 Å². The van der Waals surface area contributed by atoms with Crippen molar-refractivity contribution in [1.29, 1.82) is 0 Å². The summed E-state index contributed by atoms with van der Waals surface area (Å²) >= 11 is 0. The maximum Gasteiger partial charge on any atom is 0.355 e. The van der Waals surface area contributed by atoms with Crippen LogP contribution in [0.25, 0.3) is 22.0 Å². The molecule has 0 amide bonds. The van der Waals surface area contributed by atoms with Crippen molar-refractivity contribution in [3.05, 3.63) is 93.5 Å². The van der Waals surface area contributed by atoms with Crippen molar-refractivity contribution in [2.75, 3.05) is 7.11 Å². The van der Waals surface area contributed by atoms with Gasteiger partial charge in [0.15, 0.2) is 0 Å². The molecule has 2 heterocycles. The molecule has 2 aromatic heterocycles. The van der Waals surface area contributed by atoms with E-state index in [0.29, 0.717) is 33.9 Å². The van der Waals surface area contributed by atoms with Crippen molar-refractivity contribution in [3.63, 3.8) is 0 Å². The number of nitrogens with one attached hydrogen (secondary N) is 1. The minimum Gasteiger partial charge on any atom is -0.464 e. The summed E-state index contributed by atoms with van der Waals surface area (Å²) < 4.78 is 34.7. The highest BCUT2D eigenvalue weighted by atomic mass is 19.1. The third kappa shape index (κ3) is 3.63. The molecule has 5 rings (SSSR count). The lowest BCUT2D eigenvalue weighted by Crippen LogP contribution is -2.15. The van der Waals surface area contributed by atoms with E-state index < -0.39 is 17.6 Å². The quantitative estimate of drug-likeness (QED) is 0.425. The maximum atomic E-state index is 14.5. The molecule has 1 aliphatic carbocycles. The number of halogens is 2. The fourth-order valence-electron chi connectivity index (χ4n) is 4.57. The van der Waals surface area contributed by atoms with Gasteiger partial charge in [-0.3, -0.25) is 4.79 Å². The topological polar surface area (TPSA) is 64.1 Å². The number of hydrogen-bond acceptors (Lipinski definition) is 3. The van der Waals surface area contributed by atoms with Crippen LogP contribution < -0.4 is 5.56 Å². The standard InChI is InChI=1S/C26H22F2N2O3/c1-14-10-19(14)15-6-8-22-20(11-15)23(18-4-3-9-29-25(18)31)24(26(32)33-2)30(22)13-16-5-7-17(27)12-21(16)28/h3-9,11-12,14,19H,10,13H2,1-2H3,(H,29,31). The molecule has 0 bridgehead atoms. The molecule has 1 saturated carbocycles. The lowest BCUT2D eigenvalue weighted by Gasteiger charge is -2.12. The molecule has 0 aliphatic heterocycles. The van der Waals surface area contributed by atoms with Gasteiger partial charge in [-0.2, -0.15) is 0 Å². The molecule has 33 heavy (non-hydrogen) atoms. The van der Waals surface area contributed by atoms with Crippen molar-refractivity contribution in [2.24, 2.45) is 5.92 Å². The zero-order valence-corrected chi connectivity index (χ0v) is 18.2. The van der Waals surface area contributed by atoms with Crippen LogP contribution in [0.4, 0.5) is 8.78 Å². The van der Waals surface area contributed by atoms with Gasteiger partial charge in [0.2, 0.25) is 0 Å². The molecule has 1 N–H and O–H groups in total. The average molecular weight is 448 g/mol. The van der Waals surface area contributed by atoms with Gasteiger partial charge in [0.1, 0.15) is 17.3 Å². The van der Waals surface area contributed by atoms with Crippen LogP contribution in [0, 0.1) is 17.6 Å². The fourth-order valence-corrected chi connectivity index (χ4v) is 4.57. The van der Waals surface area contributed by atoms with Gasteiger partial charge < -0.3 is 14.3 Å². The predicted octanol–water partition coefficient (Wildman–Crippen LogP) is 5.23. The molecule has 7 heteroatoms. The summed E-state index contributed by atoms with van der Waals surface area (Å²) in [7, 11) is 1.26. The maximum absolute atomic E-state index is 14.5. The number of methoxy groups -OCH3 is 1. The van der Waals surface area contributed by atoms with E-state index in [1.54, 1.807) is 16.7 Å². The molecule has 1 fully saturated rings. The molecule has 4 aromatic rings. The first-order chi connectivity index (χ1) is 15.9. The molecule has 1 aliphatic rings. The summed E-state index contributed by atoms with van der Waals surface area (Å²) in [6, 6.07) is 12.6. The smallest absolute Gasteiger partial charge is 0.355 e. The second-order valence-corrected chi connectivity index (χ2v) is 8.55. The van der Waals surface area contributed by atoms with Crippen molar-refractivity contribution in [3.8, 4) is 11.1 Å². The van der Waals surface area contributed by atoms with E-state index >= 15 is 0 Å². The first kappa shape index (κ1) is 21.1. The molecule has 0 saturated heterocycles. The summed E-state index contributed by atoms with van der Waals surface area (Å²) in [5.41, 5.74) is 2.57. The van der Waals surface area contributed by atoms with Crippen LogP contribution in [0.15, 0.2) is 59.5 Å². The van der Waals surface area contributed by atoms with Gasteiger partial charge in [0.25, 0.3) is 5.56 Å². The van der Waals surface area contributed by atoms with Crippen molar-refractivity contribution in [2.45, 2.75) is 25.8 Å². The number of carbonyl (C=O) groups excluding carboxylic acids is 1. The van der Waals surface area contributed by atoms with Gasteiger partial charge in [0.05, 0.1) is 13.7 Å². The summed E-state index contributed by atoms with van der Waals surface area (Å²) in [5.74, 6) is -1.04. The van der Waals surface area contributed by atoms with Crippen LogP contribution in [-0.2, 0) is 11.3 Å². The monoisotopic (exact) mass is 448 g/mol. The normalized spacial score (nSPS) is 17.3. The van der Waals surface area contributed by atoms with Crippen LogP contribution in [0.2, 0.25) is 0 Å². The Labute approximate surface area is 188 Å². The molecule has 5 nitrogen and oxygen atoms in total. The lowest BCUT2D eigenvalue weighted by molar-refractivity contribution is 0.0590. The first-order valence-corrected chi connectivity index (χ1v) is 10.8. The number of fused-ring (bicyclic) bond motifs is 1. The SMILES string of the molecule is COC(=O)c1c(-c2ccc[nH]c2=O)c2cc(C3CC3C)ccc2n1Cc1ccc(F)cc1F. The Kier molecular flexibility index (Phi) is 5.12. The first-order valence-electron chi connectivity index (χ1n) is 10.8. The number of ether oxygens (including phenoxy) is 1. The number of nitrogens with zero attached hydrogens (tertiary/aromatic N) is 1. The highest BCUT2D eigenvalue weighted by molar-refractivity contribution is 6.08. The Morgan fingerprint density at radius 2 is 1.97 bits per heavy atom. The van der Waals surface area contributed by atoms with Crippen molar-refractivity contribution >= 4 is 16.9 Å². The summed E-state index contributed by atoms with van der Waals surface area (Å²) in [6.45, 7) is 2.15. The number of H-pyrrole nitrogens is 1. The minimum absolute atomic E-state index is 0.0308. The van der Waals surface area contributed by atoms with Gasteiger partial charge in [-0.15, -0.1) is 0 Å². The van der Waals surface area contributed by atoms with Crippen LogP contribution in [0.3, 0.4) is 0 Å². The highest BCUT2D eigenvalue weighted by Crippen LogP contribution is 2.48. The second-order valence-electron chi connectivity index (χ2n) is 8.55. The molecule has 2 atom stereocenters. The number of pyridine rings is 1. The second kappa shape index (κ2) is 7.99. The molecule has 2 aromatic carbocycles. The van der Waals surface area contributed by atoms with Crippen LogP contribution in [0.5, 0.6) is 0 Å². The third-order valence-corrected chi connectivity index (χ3v) is 6.43. The molecule has 0 radical (unpaired) electrons. The summed E-state index contributed by atoms with van der Waals surface area (Å²) in [4.78, 5) is 28.4. The molecular weight excluding hydrogens is 426 g/mol. The number of carbonyl (C=O) groups is 1. The van der Waals surface area contributed by atoms with Gasteiger partial charge in [-0.1, -0.05) is 19.1 Å². The van der Waals surface area contributed by atoms with Gasteiger partial charge in [-0.25, -0.2) is 13.6 Å². The molecule has 168 valence electrons. The van der Waals surface area contributed by atoms with E-state index in [1.165, 1.54) is 25.4 Å². The highest BCUT2D eigenvalue weighted by Gasteiger charge is 2.35. The predicted molar refractivity (Wildman–Crippen MR) is 121 cm³/mol. The Balaban J connectivity index is 1.82. The Hall–Kier alpha value is -3.74. The minimum atomic E-state index is -0.713. The van der Waals surface area contributed by atoms with Gasteiger partial charge >= 0.3 is 5.97 Å². The van der Waals surface area contributed by atoms with E-state index in [4.69, 9.17) is 4.74 Å². The number of aromatic amines is 1. The van der Waals surface area contributed by atoms with E-state index in [9.17, 15) is 18.4 Å². The van der Waals surface area contributed by atoms with E-state index in [1.807, 2.05) is 18.2 Å². The van der Waals surface area contributed by atoms with Crippen LogP contribution in [-0.4, -0.2) is 22.6 Å². The Morgan fingerprint density at radius 3 is 2.64 bits per heavy atom. The fraction of sp³-hybridized carbons (Fsp3) is 0.231. The van der Waals surface area contributed by atoms with E-state index in [2.05, 4.69) is 11.9 Å².